The molecular weight excluding hydrogens is 272 g/mol. The standard InChI is InChI=1S/C16H19ClN2O/c1-19(12-13-5-7-14(17)8-6-13)9-10-20-16-4-2-3-15(18)11-16/h2-8,11H,9-10,12,18H2,1H3. The number of benzene rings is 2. The molecule has 0 unspecified atom stereocenters. The van der Waals surface area contributed by atoms with E-state index in [9.17, 15) is 0 Å². The molecule has 0 aromatic heterocycles. The number of anilines is 1. The van der Waals surface area contributed by atoms with Gasteiger partial charge in [-0.3, -0.25) is 4.90 Å². The Morgan fingerprint density at radius 1 is 1.15 bits per heavy atom. The fraction of sp³-hybridized carbons (Fsp3) is 0.250. The lowest BCUT2D eigenvalue weighted by atomic mass is 10.2. The van der Waals surface area contributed by atoms with E-state index in [0.717, 1.165) is 29.5 Å². The monoisotopic (exact) mass is 290 g/mol. The Kier molecular flexibility index (Phi) is 5.27. The highest BCUT2D eigenvalue weighted by molar-refractivity contribution is 6.30. The zero-order valence-corrected chi connectivity index (χ0v) is 12.3. The molecule has 0 aliphatic rings. The normalized spacial score (nSPS) is 10.8. The summed E-state index contributed by atoms with van der Waals surface area (Å²) in [7, 11) is 2.07. The smallest absolute Gasteiger partial charge is 0.121 e. The molecular formula is C16H19ClN2O. The Hall–Kier alpha value is -1.71. The first kappa shape index (κ1) is 14.7. The van der Waals surface area contributed by atoms with Crippen molar-refractivity contribution in [3.8, 4) is 5.75 Å². The number of hydrogen-bond donors (Lipinski definition) is 1. The number of likely N-dealkylation sites (N-methyl/N-ethyl adjacent to an activating group) is 1. The van der Waals surface area contributed by atoms with Crippen LogP contribution in [0, 0.1) is 0 Å². The predicted molar refractivity (Wildman–Crippen MR) is 84.1 cm³/mol. The first-order valence-corrected chi connectivity index (χ1v) is 6.92. The Labute approximate surface area is 124 Å². The van der Waals surface area contributed by atoms with Crippen LogP contribution < -0.4 is 10.5 Å². The van der Waals surface area contributed by atoms with Gasteiger partial charge in [-0.1, -0.05) is 29.8 Å². The van der Waals surface area contributed by atoms with Gasteiger partial charge in [-0.25, -0.2) is 0 Å². The molecule has 0 saturated heterocycles. The topological polar surface area (TPSA) is 38.5 Å². The molecule has 2 aromatic rings. The van der Waals surface area contributed by atoms with Crippen LogP contribution >= 0.6 is 11.6 Å². The molecule has 4 heteroatoms. The van der Waals surface area contributed by atoms with Gasteiger partial charge in [0.05, 0.1) is 0 Å². The molecule has 0 heterocycles. The van der Waals surface area contributed by atoms with Gasteiger partial charge >= 0.3 is 0 Å². The van der Waals surface area contributed by atoms with Gasteiger partial charge < -0.3 is 10.5 Å². The zero-order valence-electron chi connectivity index (χ0n) is 11.6. The van der Waals surface area contributed by atoms with Gasteiger partial charge in [0.15, 0.2) is 0 Å². The largest absolute Gasteiger partial charge is 0.492 e. The highest BCUT2D eigenvalue weighted by Crippen LogP contribution is 2.14. The number of ether oxygens (including phenoxy) is 1. The molecule has 0 bridgehead atoms. The molecule has 0 radical (unpaired) electrons. The van der Waals surface area contributed by atoms with E-state index in [1.54, 1.807) is 0 Å². The van der Waals surface area contributed by atoms with Crippen LogP contribution in [0.5, 0.6) is 5.75 Å². The van der Waals surface area contributed by atoms with Crippen molar-refractivity contribution in [2.24, 2.45) is 0 Å². The Balaban J connectivity index is 1.75. The maximum Gasteiger partial charge on any atom is 0.121 e. The second kappa shape index (κ2) is 7.17. The van der Waals surface area contributed by atoms with Crippen molar-refractivity contribution in [1.29, 1.82) is 0 Å². The lowest BCUT2D eigenvalue weighted by molar-refractivity contribution is 0.233. The summed E-state index contributed by atoms with van der Waals surface area (Å²) in [6.45, 7) is 2.35. The number of nitrogens with zero attached hydrogens (tertiary/aromatic N) is 1. The second-order valence-corrected chi connectivity index (χ2v) is 5.22. The van der Waals surface area contributed by atoms with Crippen LogP contribution in [0.3, 0.4) is 0 Å². The minimum absolute atomic E-state index is 0.632. The Bertz CT molecular complexity index is 542. The Morgan fingerprint density at radius 3 is 2.60 bits per heavy atom. The third kappa shape index (κ3) is 4.76. The van der Waals surface area contributed by atoms with Crippen LogP contribution in [0.1, 0.15) is 5.56 Å². The molecule has 0 spiro atoms. The van der Waals surface area contributed by atoms with Crippen molar-refractivity contribution < 1.29 is 4.74 Å². The lowest BCUT2D eigenvalue weighted by Gasteiger charge is -2.17. The van der Waals surface area contributed by atoms with E-state index in [1.807, 2.05) is 48.5 Å². The summed E-state index contributed by atoms with van der Waals surface area (Å²) >= 11 is 5.87. The molecule has 0 saturated carbocycles. The molecule has 106 valence electrons. The average Bonchev–Trinajstić information content (AvgIpc) is 2.41. The Morgan fingerprint density at radius 2 is 1.90 bits per heavy atom. The van der Waals surface area contributed by atoms with Crippen molar-refractivity contribution in [2.75, 3.05) is 25.9 Å². The van der Waals surface area contributed by atoms with E-state index in [-0.39, 0.29) is 0 Å². The summed E-state index contributed by atoms with van der Waals surface area (Å²) in [5.74, 6) is 0.810. The minimum Gasteiger partial charge on any atom is -0.492 e. The highest BCUT2D eigenvalue weighted by Gasteiger charge is 2.01. The first-order valence-electron chi connectivity index (χ1n) is 6.55. The van der Waals surface area contributed by atoms with Gasteiger partial charge in [-0.15, -0.1) is 0 Å². The fourth-order valence-corrected chi connectivity index (χ4v) is 2.03. The first-order chi connectivity index (χ1) is 9.63. The maximum absolute atomic E-state index is 5.87. The summed E-state index contributed by atoms with van der Waals surface area (Å²) in [4.78, 5) is 2.20. The molecule has 0 aliphatic heterocycles. The quantitative estimate of drug-likeness (QED) is 0.828. The molecule has 0 fully saturated rings. The van der Waals surface area contributed by atoms with E-state index in [4.69, 9.17) is 22.1 Å². The zero-order chi connectivity index (χ0) is 14.4. The number of halogens is 1. The van der Waals surface area contributed by atoms with Crippen molar-refractivity contribution in [1.82, 2.24) is 4.90 Å². The summed E-state index contributed by atoms with van der Waals surface area (Å²) in [5, 5.41) is 0.765. The summed E-state index contributed by atoms with van der Waals surface area (Å²) in [5.41, 5.74) is 7.66. The van der Waals surface area contributed by atoms with Crippen molar-refractivity contribution in [2.45, 2.75) is 6.54 Å². The number of nitrogen functional groups attached to an aromatic ring is 1. The lowest BCUT2D eigenvalue weighted by Crippen LogP contribution is -2.23. The number of nitrogens with two attached hydrogens (primary N) is 1. The van der Waals surface area contributed by atoms with Crippen molar-refractivity contribution in [3.63, 3.8) is 0 Å². The van der Waals surface area contributed by atoms with Crippen LogP contribution in [0.25, 0.3) is 0 Å². The van der Waals surface area contributed by atoms with Gasteiger partial charge in [0, 0.05) is 29.9 Å². The molecule has 0 atom stereocenters. The molecule has 2 N–H and O–H groups in total. The molecule has 0 aliphatic carbocycles. The van der Waals surface area contributed by atoms with E-state index in [2.05, 4.69) is 11.9 Å². The van der Waals surface area contributed by atoms with Crippen molar-refractivity contribution >= 4 is 17.3 Å². The van der Waals surface area contributed by atoms with Gasteiger partial charge in [-0.05, 0) is 36.9 Å². The molecule has 2 aromatic carbocycles. The van der Waals surface area contributed by atoms with Crippen LogP contribution in [0.2, 0.25) is 5.02 Å². The van der Waals surface area contributed by atoms with Gasteiger partial charge in [0.25, 0.3) is 0 Å². The van der Waals surface area contributed by atoms with Crippen LogP contribution in [-0.2, 0) is 6.54 Å². The van der Waals surface area contributed by atoms with E-state index in [0.29, 0.717) is 6.61 Å². The minimum atomic E-state index is 0.632. The molecule has 3 nitrogen and oxygen atoms in total. The third-order valence-corrected chi connectivity index (χ3v) is 3.22. The number of rotatable bonds is 6. The van der Waals surface area contributed by atoms with Crippen molar-refractivity contribution in [3.05, 3.63) is 59.1 Å². The maximum atomic E-state index is 5.87. The average molecular weight is 291 g/mol. The van der Waals surface area contributed by atoms with Gasteiger partial charge in [-0.2, -0.15) is 0 Å². The fourth-order valence-electron chi connectivity index (χ4n) is 1.90. The highest BCUT2D eigenvalue weighted by atomic mass is 35.5. The summed E-state index contributed by atoms with van der Waals surface area (Å²) < 4.78 is 5.67. The van der Waals surface area contributed by atoms with Crippen LogP contribution in [-0.4, -0.2) is 25.1 Å². The third-order valence-electron chi connectivity index (χ3n) is 2.97. The molecule has 2 rings (SSSR count). The SMILES string of the molecule is CN(CCOc1cccc(N)c1)Cc1ccc(Cl)cc1. The van der Waals surface area contributed by atoms with Gasteiger partial charge in [0.2, 0.25) is 0 Å². The van der Waals surface area contributed by atoms with Gasteiger partial charge in [0.1, 0.15) is 12.4 Å². The van der Waals surface area contributed by atoms with E-state index >= 15 is 0 Å². The number of hydrogen-bond acceptors (Lipinski definition) is 3. The van der Waals surface area contributed by atoms with E-state index < -0.39 is 0 Å². The summed E-state index contributed by atoms with van der Waals surface area (Å²) in [6, 6.07) is 15.4. The molecule has 20 heavy (non-hydrogen) atoms. The predicted octanol–water partition coefficient (Wildman–Crippen LogP) is 3.43. The second-order valence-electron chi connectivity index (χ2n) is 4.79. The molecule has 0 amide bonds. The summed E-state index contributed by atoms with van der Waals surface area (Å²) in [6.07, 6.45) is 0. The van der Waals surface area contributed by atoms with Crippen LogP contribution in [0.4, 0.5) is 5.69 Å². The van der Waals surface area contributed by atoms with Crippen LogP contribution in [0.15, 0.2) is 48.5 Å². The van der Waals surface area contributed by atoms with E-state index in [1.165, 1.54) is 5.56 Å².